The average Bonchev–Trinajstić information content (AvgIpc) is 2.14. The maximum atomic E-state index is 5.15. The molecule has 0 saturated heterocycles. The zero-order valence-electron chi connectivity index (χ0n) is 6.77. The third kappa shape index (κ3) is 2.92. The Kier molecular flexibility index (Phi) is 3.51. The first kappa shape index (κ1) is 8.40. The van der Waals surface area contributed by atoms with E-state index in [-0.39, 0.29) is 0 Å². The van der Waals surface area contributed by atoms with E-state index in [0.717, 1.165) is 5.70 Å². The number of nitrogens with one attached hydrogen (secondary N) is 1. The van der Waals surface area contributed by atoms with E-state index in [1.165, 1.54) is 6.20 Å². The molecule has 0 aromatic rings. The van der Waals surface area contributed by atoms with E-state index < -0.39 is 0 Å². The molecule has 0 aromatic carbocycles. The Morgan fingerprint density at radius 3 is 2.75 bits per heavy atom. The molecule has 1 aliphatic heterocycles. The first-order chi connectivity index (χ1) is 5.93. The molecule has 0 aliphatic carbocycles. The van der Waals surface area contributed by atoms with Crippen LogP contribution in [0.3, 0.4) is 0 Å². The maximum absolute atomic E-state index is 5.15. The van der Waals surface area contributed by atoms with Gasteiger partial charge in [-0.2, -0.15) is 0 Å². The van der Waals surface area contributed by atoms with E-state index >= 15 is 0 Å². The molecular formula is C10H12N2. The molecule has 0 atom stereocenters. The zero-order chi connectivity index (χ0) is 8.65. The number of rotatable bonds is 2. The second-order valence-corrected chi connectivity index (χ2v) is 2.25. The SMILES string of the molecule is N\C=C/C=C\C=C1\C=CC=CN1. The van der Waals surface area contributed by atoms with Crippen LogP contribution in [0.4, 0.5) is 0 Å². The molecule has 0 saturated carbocycles. The van der Waals surface area contributed by atoms with Gasteiger partial charge in [0.05, 0.1) is 0 Å². The van der Waals surface area contributed by atoms with Crippen LogP contribution in [0.25, 0.3) is 0 Å². The van der Waals surface area contributed by atoms with Crippen molar-refractivity contribution in [1.82, 2.24) is 5.32 Å². The van der Waals surface area contributed by atoms with Gasteiger partial charge in [-0.25, -0.2) is 0 Å². The molecule has 12 heavy (non-hydrogen) atoms. The molecule has 1 aliphatic rings. The molecule has 3 N–H and O–H groups in total. The van der Waals surface area contributed by atoms with Gasteiger partial charge >= 0.3 is 0 Å². The van der Waals surface area contributed by atoms with Crippen molar-refractivity contribution in [1.29, 1.82) is 0 Å². The van der Waals surface area contributed by atoms with Crippen molar-refractivity contribution in [3.63, 3.8) is 0 Å². The molecule has 1 rings (SSSR count). The smallest absolute Gasteiger partial charge is 0.0379 e. The minimum atomic E-state index is 1.07. The fraction of sp³-hybridized carbons (Fsp3) is 0. The minimum absolute atomic E-state index is 1.07. The summed E-state index contributed by atoms with van der Waals surface area (Å²) in [7, 11) is 0. The van der Waals surface area contributed by atoms with E-state index in [0.29, 0.717) is 0 Å². The lowest BCUT2D eigenvalue weighted by Crippen LogP contribution is -2.03. The predicted molar refractivity (Wildman–Crippen MR) is 52.0 cm³/mol. The van der Waals surface area contributed by atoms with Crippen LogP contribution in [-0.2, 0) is 0 Å². The molecule has 62 valence electrons. The summed E-state index contributed by atoms with van der Waals surface area (Å²) in [5.74, 6) is 0. The van der Waals surface area contributed by atoms with Crippen LogP contribution in [0, 0.1) is 0 Å². The lowest BCUT2D eigenvalue weighted by molar-refractivity contribution is 1.10. The van der Waals surface area contributed by atoms with Crippen LogP contribution < -0.4 is 11.1 Å². The molecule has 0 amide bonds. The van der Waals surface area contributed by atoms with Gasteiger partial charge in [-0.1, -0.05) is 18.2 Å². The van der Waals surface area contributed by atoms with Gasteiger partial charge in [-0.05, 0) is 30.5 Å². The molecular weight excluding hydrogens is 148 g/mol. The fourth-order valence-electron chi connectivity index (χ4n) is 0.798. The number of nitrogens with two attached hydrogens (primary N) is 1. The summed E-state index contributed by atoms with van der Waals surface area (Å²) in [6.45, 7) is 0. The largest absolute Gasteiger partial charge is 0.405 e. The second-order valence-electron chi connectivity index (χ2n) is 2.25. The molecule has 0 unspecified atom stereocenters. The van der Waals surface area contributed by atoms with E-state index in [2.05, 4.69) is 5.32 Å². The Balaban J connectivity index is 2.47. The highest BCUT2D eigenvalue weighted by atomic mass is 14.8. The van der Waals surface area contributed by atoms with Gasteiger partial charge in [-0.3, -0.25) is 0 Å². The summed E-state index contributed by atoms with van der Waals surface area (Å²) in [6, 6.07) is 0. The summed E-state index contributed by atoms with van der Waals surface area (Å²) >= 11 is 0. The average molecular weight is 160 g/mol. The van der Waals surface area contributed by atoms with Gasteiger partial charge in [-0.15, -0.1) is 0 Å². The molecule has 0 spiro atoms. The third-order valence-electron chi connectivity index (χ3n) is 1.34. The highest BCUT2D eigenvalue weighted by Gasteiger charge is 1.87. The van der Waals surface area contributed by atoms with Crippen molar-refractivity contribution in [3.05, 3.63) is 60.6 Å². The van der Waals surface area contributed by atoms with E-state index in [9.17, 15) is 0 Å². The third-order valence-corrected chi connectivity index (χ3v) is 1.34. The standard InChI is InChI=1S/C10H12N2/c11-8-4-1-2-6-10-7-3-5-9-12-10/h1-9,12H,11H2/b2-1-,8-4-,10-6-. The van der Waals surface area contributed by atoms with E-state index in [1.54, 1.807) is 6.08 Å². The normalized spacial score (nSPS) is 19.5. The van der Waals surface area contributed by atoms with Gasteiger partial charge in [0.1, 0.15) is 0 Å². The number of allylic oxidation sites excluding steroid dienone is 7. The molecule has 0 radical (unpaired) electrons. The Bertz CT molecular complexity index is 268. The maximum Gasteiger partial charge on any atom is 0.0379 e. The molecule has 2 nitrogen and oxygen atoms in total. The van der Waals surface area contributed by atoms with Crippen molar-refractivity contribution < 1.29 is 0 Å². The monoisotopic (exact) mass is 160 g/mol. The van der Waals surface area contributed by atoms with E-state index in [1.807, 2.05) is 42.7 Å². The van der Waals surface area contributed by atoms with Gasteiger partial charge in [0.2, 0.25) is 0 Å². The minimum Gasteiger partial charge on any atom is -0.405 e. The Hall–Kier alpha value is -1.70. The summed E-state index contributed by atoms with van der Waals surface area (Å²) in [6.07, 6.45) is 16.9. The molecule has 2 heteroatoms. The van der Waals surface area contributed by atoms with Crippen LogP contribution >= 0.6 is 0 Å². The summed E-state index contributed by atoms with van der Waals surface area (Å²) in [5, 5.41) is 3.08. The first-order valence-electron chi connectivity index (χ1n) is 3.78. The highest BCUT2D eigenvalue weighted by Crippen LogP contribution is 1.98. The predicted octanol–water partition coefficient (Wildman–Crippen LogP) is 1.57. The Morgan fingerprint density at radius 2 is 2.08 bits per heavy atom. The molecule has 1 heterocycles. The summed E-state index contributed by atoms with van der Waals surface area (Å²) < 4.78 is 0. The number of hydrogen-bond acceptors (Lipinski definition) is 2. The van der Waals surface area contributed by atoms with Crippen molar-refractivity contribution >= 4 is 0 Å². The topological polar surface area (TPSA) is 38.0 Å². The zero-order valence-corrected chi connectivity index (χ0v) is 6.77. The molecule has 0 bridgehead atoms. The van der Waals surface area contributed by atoms with Gasteiger partial charge in [0.25, 0.3) is 0 Å². The van der Waals surface area contributed by atoms with Crippen molar-refractivity contribution in [2.24, 2.45) is 5.73 Å². The van der Waals surface area contributed by atoms with Crippen molar-refractivity contribution in [3.8, 4) is 0 Å². The van der Waals surface area contributed by atoms with Crippen LogP contribution in [0.5, 0.6) is 0 Å². The lowest BCUT2D eigenvalue weighted by Gasteiger charge is -2.02. The van der Waals surface area contributed by atoms with Crippen LogP contribution in [0.2, 0.25) is 0 Å². The van der Waals surface area contributed by atoms with Gasteiger partial charge < -0.3 is 11.1 Å². The highest BCUT2D eigenvalue weighted by molar-refractivity contribution is 5.30. The van der Waals surface area contributed by atoms with Crippen LogP contribution in [0.1, 0.15) is 0 Å². The first-order valence-corrected chi connectivity index (χ1v) is 3.78. The van der Waals surface area contributed by atoms with E-state index in [4.69, 9.17) is 5.73 Å². The Labute approximate surface area is 72.5 Å². The summed E-state index contributed by atoms with van der Waals surface area (Å²) in [4.78, 5) is 0. The van der Waals surface area contributed by atoms with Crippen LogP contribution in [0.15, 0.2) is 60.6 Å². The second kappa shape index (κ2) is 5.02. The number of hydrogen-bond donors (Lipinski definition) is 2. The summed E-state index contributed by atoms with van der Waals surface area (Å²) in [5.41, 5.74) is 6.22. The molecule has 0 aromatic heterocycles. The van der Waals surface area contributed by atoms with Crippen LogP contribution in [-0.4, -0.2) is 0 Å². The lowest BCUT2D eigenvalue weighted by atomic mass is 10.3. The quantitative estimate of drug-likeness (QED) is 0.602. The van der Waals surface area contributed by atoms with Crippen molar-refractivity contribution in [2.75, 3.05) is 0 Å². The molecule has 0 fully saturated rings. The fourth-order valence-corrected chi connectivity index (χ4v) is 0.798. The number of dihydropyridines is 1. The van der Waals surface area contributed by atoms with Crippen molar-refractivity contribution in [2.45, 2.75) is 0 Å². The van der Waals surface area contributed by atoms with Gasteiger partial charge in [0, 0.05) is 11.9 Å². The Morgan fingerprint density at radius 1 is 1.17 bits per heavy atom. The van der Waals surface area contributed by atoms with Gasteiger partial charge in [0.15, 0.2) is 0 Å².